The molecule has 0 radical (unpaired) electrons. The van der Waals surface area contributed by atoms with Crippen LogP contribution in [0.2, 0.25) is 0 Å². The van der Waals surface area contributed by atoms with E-state index in [1.807, 2.05) is 12.1 Å². The Bertz CT molecular complexity index is 534. The zero-order valence-corrected chi connectivity index (χ0v) is 10.9. The van der Waals surface area contributed by atoms with E-state index in [1.165, 1.54) is 6.21 Å². The molecule has 5 heteroatoms. The van der Waals surface area contributed by atoms with Crippen LogP contribution < -0.4 is 5.43 Å². The van der Waals surface area contributed by atoms with Gasteiger partial charge in [-0.2, -0.15) is 5.10 Å². The number of rotatable bonds is 3. The number of hydrogen-bond donors (Lipinski definition) is 1. The smallest absolute Gasteiger partial charge is 0.271 e. The van der Waals surface area contributed by atoms with Gasteiger partial charge < -0.3 is 4.42 Å². The summed E-state index contributed by atoms with van der Waals surface area (Å²) in [5.74, 6) is 0.353. The van der Waals surface area contributed by atoms with Gasteiger partial charge in [0.25, 0.3) is 5.91 Å². The van der Waals surface area contributed by atoms with Crippen LogP contribution in [0.1, 0.15) is 16.1 Å². The van der Waals surface area contributed by atoms with Crippen LogP contribution in [0.25, 0.3) is 0 Å². The summed E-state index contributed by atoms with van der Waals surface area (Å²) in [5, 5.41) is 3.81. The molecule has 0 saturated carbocycles. The minimum atomic E-state index is -0.247. The van der Waals surface area contributed by atoms with Crippen molar-refractivity contribution in [2.24, 2.45) is 5.10 Å². The average Bonchev–Trinajstić information content (AvgIpc) is 2.76. The first-order chi connectivity index (χ1) is 8.25. The first kappa shape index (κ1) is 11.8. The molecule has 0 bridgehead atoms. The largest absolute Gasteiger partial charge is 0.449 e. The Morgan fingerprint density at radius 2 is 2.00 bits per heavy atom. The van der Waals surface area contributed by atoms with Crippen molar-refractivity contribution >= 4 is 34.7 Å². The molecule has 0 unspecified atom stereocenters. The number of hydrogen-bond acceptors (Lipinski definition) is 3. The van der Waals surface area contributed by atoms with E-state index in [-0.39, 0.29) is 5.91 Å². The molecule has 0 atom stereocenters. The predicted octanol–water partition coefficient (Wildman–Crippen LogP) is 2.65. The zero-order valence-electron chi connectivity index (χ0n) is 8.76. The molecule has 1 aromatic carbocycles. The molecule has 1 N–H and O–H groups in total. The summed E-state index contributed by atoms with van der Waals surface area (Å²) >= 11 is 2.06. The van der Waals surface area contributed by atoms with Gasteiger partial charge in [0.2, 0.25) is 0 Å². The van der Waals surface area contributed by atoms with Crippen LogP contribution in [-0.2, 0) is 0 Å². The van der Waals surface area contributed by atoms with Crippen molar-refractivity contribution in [3.63, 3.8) is 0 Å². The standard InChI is InChI=1S/C12H9IN2O2/c13-11-7-6-10(17-11)8-14-15-12(16)9-4-2-1-3-5-9/h1-8H,(H,15,16). The topological polar surface area (TPSA) is 54.6 Å². The number of carbonyl (C=O) groups excluding carboxylic acids is 1. The van der Waals surface area contributed by atoms with Gasteiger partial charge in [-0.25, -0.2) is 5.43 Å². The molecule has 1 heterocycles. The second kappa shape index (κ2) is 5.62. The molecule has 86 valence electrons. The van der Waals surface area contributed by atoms with Gasteiger partial charge in [0.15, 0.2) is 3.77 Å². The molecular weight excluding hydrogens is 331 g/mol. The fourth-order valence-corrected chi connectivity index (χ4v) is 1.64. The van der Waals surface area contributed by atoms with Gasteiger partial charge in [0, 0.05) is 5.56 Å². The lowest BCUT2D eigenvalue weighted by Gasteiger charge is -1.97. The molecule has 2 rings (SSSR count). The van der Waals surface area contributed by atoms with E-state index in [9.17, 15) is 4.79 Å². The molecule has 1 amide bonds. The van der Waals surface area contributed by atoms with Crippen molar-refractivity contribution < 1.29 is 9.21 Å². The molecule has 0 spiro atoms. The van der Waals surface area contributed by atoms with Gasteiger partial charge in [0.05, 0.1) is 6.21 Å². The number of nitrogens with one attached hydrogen (secondary N) is 1. The highest BCUT2D eigenvalue weighted by atomic mass is 127. The van der Waals surface area contributed by atoms with Gasteiger partial charge in [-0.05, 0) is 46.9 Å². The normalized spacial score (nSPS) is 10.6. The van der Waals surface area contributed by atoms with Crippen molar-refractivity contribution in [2.45, 2.75) is 0 Å². The van der Waals surface area contributed by atoms with Crippen molar-refractivity contribution in [1.82, 2.24) is 5.43 Å². The van der Waals surface area contributed by atoms with E-state index in [2.05, 4.69) is 33.1 Å². The highest BCUT2D eigenvalue weighted by molar-refractivity contribution is 14.1. The van der Waals surface area contributed by atoms with Crippen LogP contribution in [0, 0.1) is 3.77 Å². The zero-order chi connectivity index (χ0) is 12.1. The molecule has 0 aliphatic rings. The third kappa shape index (κ3) is 3.42. The summed E-state index contributed by atoms with van der Waals surface area (Å²) < 4.78 is 6.03. The van der Waals surface area contributed by atoms with Gasteiger partial charge in [-0.3, -0.25) is 4.79 Å². The number of carbonyl (C=O) groups is 1. The Morgan fingerprint density at radius 1 is 1.24 bits per heavy atom. The fourth-order valence-electron chi connectivity index (χ4n) is 1.21. The van der Waals surface area contributed by atoms with Gasteiger partial charge >= 0.3 is 0 Å². The molecule has 0 aliphatic carbocycles. The van der Waals surface area contributed by atoms with Crippen LogP contribution >= 0.6 is 22.6 Å². The van der Waals surface area contributed by atoms with E-state index in [0.29, 0.717) is 11.3 Å². The third-order valence-electron chi connectivity index (χ3n) is 1.99. The Labute approximate surface area is 112 Å². The Morgan fingerprint density at radius 3 is 2.65 bits per heavy atom. The van der Waals surface area contributed by atoms with Crippen molar-refractivity contribution in [3.8, 4) is 0 Å². The van der Waals surface area contributed by atoms with E-state index in [0.717, 1.165) is 3.77 Å². The quantitative estimate of drug-likeness (QED) is 0.531. The number of amides is 1. The maximum Gasteiger partial charge on any atom is 0.271 e. The first-order valence-electron chi connectivity index (χ1n) is 4.89. The SMILES string of the molecule is O=C(NN=Cc1ccc(I)o1)c1ccccc1. The maximum absolute atomic E-state index is 11.6. The van der Waals surface area contributed by atoms with Gasteiger partial charge in [-0.15, -0.1) is 0 Å². The summed E-state index contributed by atoms with van der Waals surface area (Å²) in [6.07, 6.45) is 1.46. The number of benzene rings is 1. The molecule has 1 aromatic heterocycles. The van der Waals surface area contributed by atoms with Crippen LogP contribution in [0.3, 0.4) is 0 Å². The summed E-state index contributed by atoms with van der Waals surface area (Å²) in [7, 11) is 0. The summed E-state index contributed by atoms with van der Waals surface area (Å²) in [5.41, 5.74) is 2.99. The van der Waals surface area contributed by atoms with Crippen LogP contribution in [0.4, 0.5) is 0 Å². The Kier molecular flexibility index (Phi) is 3.92. The lowest BCUT2D eigenvalue weighted by Crippen LogP contribution is -2.17. The minimum absolute atomic E-state index is 0.247. The number of hydrazone groups is 1. The maximum atomic E-state index is 11.6. The van der Waals surface area contributed by atoms with Crippen LogP contribution in [0.15, 0.2) is 52.0 Å². The third-order valence-corrected chi connectivity index (χ3v) is 2.57. The molecule has 2 aromatic rings. The lowest BCUT2D eigenvalue weighted by atomic mass is 10.2. The summed E-state index contributed by atoms with van der Waals surface area (Å²) in [6, 6.07) is 12.5. The summed E-state index contributed by atoms with van der Waals surface area (Å²) in [4.78, 5) is 11.6. The van der Waals surface area contributed by atoms with Gasteiger partial charge in [-0.1, -0.05) is 18.2 Å². The molecule has 17 heavy (non-hydrogen) atoms. The Balaban J connectivity index is 1.95. The lowest BCUT2D eigenvalue weighted by molar-refractivity contribution is 0.0955. The first-order valence-corrected chi connectivity index (χ1v) is 5.97. The molecule has 4 nitrogen and oxygen atoms in total. The second-order valence-corrected chi connectivity index (χ2v) is 4.27. The molecular formula is C12H9IN2O2. The number of halogens is 1. The highest BCUT2D eigenvalue weighted by Crippen LogP contribution is 2.07. The van der Waals surface area contributed by atoms with Crippen molar-refractivity contribution in [2.75, 3.05) is 0 Å². The van der Waals surface area contributed by atoms with Gasteiger partial charge in [0.1, 0.15) is 5.76 Å². The van der Waals surface area contributed by atoms with E-state index in [1.54, 1.807) is 30.3 Å². The van der Waals surface area contributed by atoms with E-state index < -0.39 is 0 Å². The second-order valence-electron chi connectivity index (χ2n) is 3.21. The predicted molar refractivity (Wildman–Crippen MR) is 72.9 cm³/mol. The van der Waals surface area contributed by atoms with Crippen molar-refractivity contribution in [3.05, 3.63) is 57.6 Å². The fraction of sp³-hybridized carbons (Fsp3) is 0. The molecule has 0 aliphatic heterocycles. The van der Waals surface area contributed by atoms with E-state index >= 15 is 0 Å². The monoisotopic (exact) mass is 340 g/mol. The number of nitrogens with zero attached hydrogens (tertiary/aromatic N) is 1. The average molecular weight is 340 g/mol. The Hall–Kier alpha value is -1.63. The van der Waals surface area contributed by atoms with Crippen molar-refractivity contribution in [1.29, 1.82) is 0 Å². The molecule has 0 saturated heterocycles. The summed E-state index contributed by atoms with van der Waals surface area (Å²) in [6.45, 7) is 0. The van der Waals surface area contributed by atoms with Crippen LogP contribution in [-0.4, -0.2) is 12.1 Å². The van der Waals surface area contributed by atoms with Crippen LogP contribution in [0.5, 0.6) is 0 Å². The number of furan rings is 1. The molecule has 0 fully saturated rings. The van der Waals surface area contributed by atoms with E-state index in [4.69, 9.17) is 4.42 Å². The minimum Gasteiger partial charge on any atom is -0.449 e. The highest BCUT2D eigenvalue weighted by Gasteiger charge is 2.01.